The van der Waals surface area contributed by atoms with E-state index in [1.807, 2.05) is 0 Å². The Bertz CT molecular complexity index is 952. The third-order valence-corrected chi connectivity index (χ3v) is 3.82. The van der Waals surface area contributed by atoms with Crippen LogP contribution in [0.4, 0.5) is 28.9 Å². The molecule has 4 nitrogen and oxygen atoms in total. The van der Waals surface area contributed by atoms with E-state index in [1.54, 1.807) is 6.07 Å². The first-order valence-electron chi connectivity index (χ1n) is 7.12. The molecule has 0 bridgehead atoms. The van der Waals surface area contributed by atoms with E-state index in [-0.39, 0.29) is 10.7 Å². The summed E-state index contributed by atoms with van der Waals surface area (Å²) in [5.41, 5.74) is -1.45. The Labute approximate surface area is 161 Å². The van der Waals surface area contributed by atoms with Crippen molar-refractivity contribution in [2.24, 2.45) is 0 Å². The molecule has 0 aliphatic rings. The zero-order chi connectivity index (χ0) is 20.2. The number of nitrogens with one attached hydrogen (secondary N) is 2. The lowest BCUT2D eigenvalue weighted by Gasteiger charge is -2.11. The summed E-state index contributed by atoms with van der Waals surface area (Å²) in [7, 11) is 0. The molecule has 0 heterocycles. The number of halogens is 6. The molecule has 0 aromatic heterocycles. The van der Waals surface area contributed by atoms with Gasteiger partial charge >= 0.3 is 6.18 Å². The molecule has 2 aromatic carbocycles. The van der Waals surface area contributed by atoms with Crippen molar-refractivity contribution in [2.45, 2.75) is 6.18 Å². The van der Waals surface area contributed by atoms with E-state index < -0.39 is 34.1 Å². The summed E-state index contributed by atoms with van der Waals surface area (Å²) >= 11 is 11.1. The lowest BCUT2D eigenvalue weighted by molar-refractivity contribution is -0.137. The average Bonchev–Trinajstić information content (AvgIpc) is 2.59. The van der Waals surface area contributed by atoms with Crippen LogP contribution in [0.5, 0.6) is 0 Å². The number of amides is 1. The minimum absolute atomic E-state index is 0.169. The molecule has 0 aliphatic heterocycles. The molecule has 2 aromatic rings. The summed E-state index contributed by atoms with van der Waals surface area (Å²) in [6.07, 6.45) is -3.69. The molecular weight excluding hydrogens is 409 g/mol. The van der Waals surface area contributed by atoms with Crippen molar-refractivity contribution in [1.82, 2.24) is 0 Å². The maximum Gasteiger partial charge on any atom is 0.417 e. The van der Waals surface area contributed by atoms with Gasteiger partial charge in [-0.2, -0.15) is 18.4 Å². The van der Waals surface area contributed by atoms with Gasteiger partial charge < -0.3 is 10.6 Å². The van der Waals surface area contributed by atoms with Crippen LogP contribution in [0.2, 0.25) is 10.0 Å². The van der Waals surface area contributed by atoms with E-state index in [0.717, 1.165) is 24.4 Å². The third-order valence-electron chi connectivity index (χ3n) is 3.20. The van der Waals surface area contributed by atoms with Gasteiger partial charge in [0.1, 0.15) is 17.5 Å². The quantitative estimate of drug-likeness (QED) is 0.386. The SMILES string of the molecule is N#C/C(=C/Nc1ccc(F)c(Cl)c1)C(=O)Nc1ccc(Cl)c(C(F)(F)F)c1. The minimum atomic E-state index is -4.70. The van der Waals surface area contributed by atoms with Gasteiger partial charge in [-0.3, -0.25) is 4.79 Å². The van der Waals surface area contributed by atoms with Gasteiger partial charge in [0.25, 0.3) is 5.91 Å². The second-order valence-corrected chi connectivity index (χ2v) is 5.90. The van der Waals surface area contributed by atoms with Crippen molar-refractivity contribution in [3.63, 3.8) is 0 Å². The highest BCUT2D eigenvalue weighted by atomic mass is 35.5. The summed E-state index contributed by atoms with van der Waals surface area (Å²) in [6, 6.07) is 8.04. The Kier molecular flexibility index (Phi) is 6.31. The van der Waals surface area contributed by atoms with Gasteiger partial charge in [0.2, 0.25) is 0 Å². The van der Waals surface area contributed by atoms with Crippen LogP contribution in [0, 0.1) is 17.1 Å². The molecule has 10 heteroatoms. The number of anilines is 2. The maximum atomic E-state index is 13.1. The monoisotopic (exact) mass is 417 g/mol. The van der Waals surface area contributed by atoms with E-state index in [0.29, 0.717) is 11.8 Å². The Morgan fingerprint density at radius 3 is 2.33 bits per heavy atom. The molecule has 0 saturated heterocycles. The van der Waals surface area contributed by atoms with Crippen LogP contribution in [-0.4, -0.2) is 5.91 Å². The van der Waals surface area contributed by atoms with Crippen molar-refractivity contribution in [3.8, 4) is 6.07 Å². The Hall–Kier alpha value is -2.76. The molecule has 0 radical (unpaired) electrons. The molecule has 0 atom stereocenters. The van der Waals surface area contributed by atoms with Gasteiger partial charge in [-0.25, -0.2) is 4.39 Å². The predicted molar refractivity (Wildman–Crippen MR) is 93.8 cm³/mol. The Morgan fingerprint density at radius 1 is 1.07 bits per heavy atom. The summed E-state index contributed by atoms with van der Waals surface area (Å²) in [4.78, 5) is 12.1. The molecule has 0 saturated carbocycles. The highest BCUT2D eigenvalue weighted by Gasteiger charge is 2.33. The lowest BCUT2D eigenvalue weighted by atomic mass is 10.2. The van der Waals surface area contributed by atoms with Crippen molar-refractivity contribution in [3.05, 3.63) is 69.6 Å². The fourth-order valence-electron chi connectivity index (χ4n) is 1.91. The number of hydrogen-bond donors (Lipinski definition) is 2. The van der Waals surface area contributed by atoms with Gasteiger partial charge in [-0.05, 0) is 36.4 Å². The van der Waals surface area contributed by atoms with Gasteiger partial charge in [0.15, 0.2) is 0 Å². The first kappa shape index (κ1) is 20.6. The molecule has 140 valence electrons. The number of nitrogens with zero attached hydrogens (tertiary/aromatic N) is 1. The van der Waals surface area contributed by atoms with E-state index in [4.69, 9.17) is 28.5 Å². The molecule has 2 N–H and O–H groups in total. The first-order chi connectivity index (χ1) is 12.6. The Morgan fingerprint density at radius 2 is 1.74 bits per heavy atom. The molecular formula is C17H9Cl2F4N3O. The smallest absolute Gasteiger partial charge is 0.360 e. The minimum Gasteiger partial charge on any atom is -0.360 e. The van der Waals surface area contributed by atoms with E-state index in [9.17, 15) is 22.4 Å². The van der Waals surface area contributed by atoms with Crippen molar-refractivity contribution < 1.29 is 22.4 Å². The Balaban J connectivity index is 2.17. The molecule has 0 spiro atoms. The normalized spacial score (nSPS) is 11.7. The number of carbonyl (C=O) groups excluding carboxylic acids is 1. The summed E-state index contributed by atoms with van der Waals surface area (Å²) in [6.45, 7) is 0. The zero-order valence-corrected chi connectivity index (χ0v) is 14.7. The molecule has 0 unspecified atom stereocenters. The second-order valence-electron chi connectivity index (χ2n) is 5.09. The number of hydrogen-bond acceptors (Lipinski definition) is 3. The highest BCUT2D eigenvalue weighted by Crippen LogP contribution is 2.36. The topological polar surface area (TPSA) is 64.9 Å². The molecule has 0 aliphatic carbocycles. The van der Waals surface area contributed by atoms with Gasteiger partial charge in [-0.1, -0.05) is 23.2 Å². The van der Waals surface area contributed by atoms with Crippen LogP contribution in [0.3, 0.4) is 0 Å². The fraction of sp³-hybridized carbons (Fsp3) is 0.0588. The van der Waals surface area contributed by atoms with E-state index >= 15 is 0 Å². The number of rotatable bonds is 4. The zero-order valence-electron chi connectivity index (χ0n) is 13.2. The van der Waals surface area contributed by atoms with Crippen molar-refractivity contribution in [1.29, 1.82) is 5.26 Å². The summed E-state index contributed by atoms with van der Waals surface area (Å²) in [5.74, 6) is -1.60. The van der Waals surface area contributed by atoms with Gasteiger partial charge in [0, 0.05) is 17.6 Å². The molecule has 0 fully saturated rings. The number of alkyl halides is 3. The van der Waals surface area contributed by atoms with Crippen LogP contribution >= 0.6 is 23.2 Å². The second kappa shape index (κ2) is 8.29. The third kappa shape index (κ3) is 5.36. The fourth-order valence-corrected chi connectivity index (χ4v) is 2.31. The number of nitriles is 1. The van der Waals surface area contributed by atoms with Crippen LogP contribution in [0.25, 0.3) is 0 Å². The van der Waals surface area contributed by atoms with Crippen LogP contribution in [0.1, 0.15) is 5.56 Å². The highest BCUT2D eigenvalue weighted by molar-refractivity contribution is 6.31. The van der Waals surface area contributed by atoms with Gasteiger partial charge in [-0.15, -0.1) is 0 Å². The predicted octanol–water partition coefficient (Wildman–Crippen LogP) is 5.61. The van der Waals surface area contributed by atoms with Crippen molar-refractivity contribution in [2.75, 3.05) is 10.6 Å². The van der Waals surface area contributed by atoms with Gasteiger partial charge in [0.05, 0.1) is 15.6 Å². The van der Waals surface area contributed by atoms with Crippen LogP contribution in [-0.2, 0) is 11.0 Å². The largest absolute Gasteiger partial charge is 0.417 e. The van der Waals surface area contributed by atoms with Crippen LogP contribution < -0.4 is 10.6 Å². The average molecular weight is 418 g/mol. The first-order valence-corrected chi connectivity index (χ1v) is 7.87. The van der Waals surface area contributed by atoms with Crippen LogP contribution in [0.15, 0.2) is 48.2 Å². The molecule has 1 amide bonds. The molecule has 2 rings (SSSR count). The summed E-state index contributed by atoms with van der Waals surface area (Å²) in [5, 5.41) is 13.1. The summed E-state index contributed by atoms with van der Waals surface area (Å²) < 4.78 is 51.7. The standard InChI is InChI=1S/C17H9Cl2F4N3O/c18-13-3-1-11(5-12(13)17(21,22)23)26-16(27)9(7-24)8-25-10-2-4-15(20)14(19)6-10/h1-6,8,25H,(H,26,27)/b9-8-. The lowest BCUT2D eigenvalue weighted by Crippen LogP contribution is -2.15. The van der Waals surface area contributed by atoms with E-state index in [1.165, 1.54) is 12.1 Å². The van der Waals surface area contributed by atoms with Crippen molar-refractivity contribution >= 4 is 40.5 Å². The molecule has 27 heavy (non-hydrogen) atoms. The maximum absolute atomic E-state index is 13.1. The number of benzene rings is 2. The van der Waals surface area contributed by atoms with E-state index in [2.05, 4.69) is 10.6 Å². The number of carbonyl (C=O) groups is 1.